The van der Waals surface area contributed by atoms with Gasteiger partial charge in [-0.1, -0.05) is 0 Å². The summed E-state index contributed by atoms with van der Waals surface area (Å²) >= 11 is 0. The molecule has 3 heterocycles. The summed E-state index contributed by atoms with van der Waals surface area (Å²) in [5, 5.41) is 7.83. The van der Waals surface area contributed by atoms with Gasteiger partial charge in [0.1, 0.15) is 17.2 Å². The van der Waals surface area contributed by atoms with Gasteiger partial charge in [-0.05, 0) is 45.0 Å². The van der Waals surface area contributed by atoms with Crippen LogP contribution in [-0.4, -0.2) is 38.1 Å². The van der Waals surface area contributed by atoms with E-state index in [1.54, 1.807) is 63.2 Å². The highest BCUT2D eigenvalue weighted by Gasteiger charge is 2.31. The van der Waals surface area contributed by atoms with Gasteiger partial charge in [0.2, 0.25) is 0 Å². The Morgan fingerprint density at radius 1 is 1.09 bits per heavy atom. The average molecular weight is 487 g/mol. The second kappa shape index (κ2) is 8.64. The molecule has 0 fully saturated rings. The molecule has 0 aliphatic rings. The zero-order valence-corrected chi connectivity index (χ0v) is 19.8. The Bertz CT molecular complexity index is 1400. The molecule has 4 aromatic rings. The maximum atomic E-state index is 13.2. The van der Waals surface area contributed by atoms with Crippen LogP contribution in [0, 0.1) is 0 Å². The molecule has 0 radical (unpaired) electrons. The van der Waals surface area contributed by atoms with Crippen molar-refractivity contribution in [1.29, 1.82) is 0 Å². The second-order valence-electron chi connectivity index (χ2n) is 8.91. The first-order valence-corrected chi connectivity index (χ1v) is 10.6. The van der Waals surface area contributed by atoms with Crippen LogP contribution in [0.3, 0.4) is 0 Å². The lowest BCUT2D eigenvalue weighted by atomic mass is 10.2. The van der Waals surface area contributed by atoms with E-state index in [0.29, 0.717) is 28.0 Å². The quantitative estimate of drug-likeness (QED) is 0.381. The number of nitrogens with zero attached hydrogens (tertiary/aromatic N) is 4. The number of hydrogen-bond acceptors (Lipinski definition) is 6. The van der Waals surface area contributed by atoms with Gasteiger partial charge in [-0.15, -0.1) is 0 Å². The maximum absolute atomic E-state index is 13.2. The van der Waals surface area contributed by atoms with Crippen molar-refractivity contribution in [2.75, 3.05) is 12.4 Å². The molecular formula is C24H24F3N5O3. The van der Waals surface area contributed by atoms with Gasteiger partial charge in [-0.3, -0.25) is 4.68 Å². The fourth-order valence-electron chi connectivity index (χ4n) is 3.55. The number of carbonyl (C=O) groups excluding carboxylic acids is 1. The van der Waals surface area contributed by atoms with Crippen molar-refractivity contribution >= 4 is 28.5 Å². The first kappa shape index (κ1) is 24.1. The Kier molecular flexibility index (Phi) is 5.95. The van der Waals surface area contributed by atoms with Crippen molar-refractivity contribution in [3.63, 3.8) is 0 Å². The highest BCUT2D eigenvalue weighted by Crippen LogP contribution is 2.37. The SMILES string of the molecule is COc1cc(C(F)(F)F)ccc1Nc1cc2c(cn1)cc(-c1cnn(C)c1)n2C(=O)OC(C)(C)C. The largest absolute Gasteiger partial charge is 0.495 e. The molecule has 0 aliphatic carbocycles. The van der Waals surface area contributed by atoms with Crippen molar-refractivity contribution in [2.45, 2.75) is 32.5 Å². The van der Waals surface area contributed by atoms with Crippen LogP contribution in [-0.2, 0) is 18.0 Å². The Morgan fingerprint density at radius 3 is 2.43 bits per heavy atom. The monoisotopic (exact) mass is 487 g/mol. The van der Waals surface area contributed by atoms with Crippen LogP contribution in [0.25, 0.3) is 22.2 Å². The van der Waals surface area contributed by atoms with Crippen LogP contribution in [0.1, 0.15) is 26.3 Å². The van der Waals surface area contributed by atoms with Crippen molar-refractivity contribution in [3.8, 4) is 17.0 Å². The summed E-state index contributed by atoms with van der Waals surface area (Å²) in [6.45, 7) is 5.31. The molecule has 184 valence electrons. The number of alkyl halides is 3. The van der Waals surface area contributed by atoms with Gasteiger partial charge in [0.05, 0.1) is 35.8 Å². The smallest absolute Gasteiger partial charge is 0.419 e. The number of aryl methyl sites for hydroxylation is 1. The van der Waals surface area contributed by atoms with E-state index in [2.05, 4.69) is 15.4 Å². The predicted molar refractivity (Wildman–Crippen MR) is 125 cm³/mol. The van der Waals surface area contributed by atoms with E-state index in [9.17, 15) is 18.0 Å². The van der Waals surface area contributed by atoms with Gasteiger partial charge in [-0.2, -0.15) is 18.3 Å². The first-order chi connectivity index (χ1) is 16.4. The van der Waals surface area contributed by atoms with Crippen molar-refractivity contribution in [2.24, 2.45) is 7.05 Å². The predicted octanol–water partition coefficient (Wildman–Crippen LogP) is 5.99. The number of carbonyl (C=O) groups is 1. The van der Waals surface area contributed by atoms with Gasteiger partial charge in [0.25, 0.3) is 0 Å². The topological polar surface area (TPSA) is 83.2 Å². The van der Waals surface area contributed by atoms with Crippen molar-refractivity contribution < 1.29 is 27.4 Å². The molecule has 0 unspecified atom stereocenters. The van der Waals surface area contributed by atoms with E-state index >= 15 is 0 Å². The minimum atomic E-state index is -4.50. The minimum Gasteiger partial charge on any atom is -0.495 e. The second-order valence-corrected chi connectivity index (χ2v) is 8.91. The zero-order chi connectivity index (χ0) is 25.5. The van der Waals surface area contributed by atoms with E-state index in [-0.39, 0.29) is 11.4 Å². The lowest BCUT2D eigenvalue weighted by Crippen LogP contribution is -2.27. The molecule has 1 aromatic carbocycles. The molecule has 8 nitrogen and oxygen atoms in total. The number of benzene rings is 1. The van der Waals surface area contributed by atoms with Crippen LogP contribution < -0.4 is 10.1 Å². The lowest BCUT2D eigenvalue weighted by molar-refractivity contribution is -0.137. The number of methoxy groups -OCH3 is 1. The number of anilines is 2. The number of rotatable bonds is 4. The summed E-state index contributed by atoms with van der Waals surface area (Å²) in [6.07, 6.45) is -0.117. The number of fused-ring (bicyclic) bond motifs is 1. The normalized spacial score (nSPS) is 12.1. The fourth-order valence-corrected chi connectivity index (χ4v) is 3.55. The van der Waals surface area contributed by atoms with Gasteiger partial charge in [0.15, 0.2) is 0 Å². The van der Waals surface area contributed by atoms with Crippen molar-refractivity contribution in [1.82, 2.24) is 19.3 Å². The summed E-state index contributed by atoms with van der Waals surface area (Å²) in [7, 11) is 3.05. The summed E-state index contributed by atoms with van der Waals surface area (Å²) < 4.78 is 53.0. The highest BCUT2D eigenvalue weighted by molar-refractivity contribution is 5.97. The molecule has 0 amide bonds. The van der Waals surface area contributed by atoms with Gasteiger partial charge < -0.3 is 14.8 Å². The van der Waals surface area contributed by atoms with Crippen LogP contribution in [0.2, 0.25) is 0 Å². The molecule has 35 heavy (non-hydrogen) atoms. The average Bonchev–Trinajstić information content (AvgIpc) is 3.35. The first-order valence-electron chi connectivity index (χ1n) is 10.6. The minimum absolute atomic E-state index is 0.000274. The standard InChI is InChI=1S/C24H24F3N5O3/c1-23(2,3)35-22(33)32-18(15-12-29-31(4)13-15)8-14-11-28-21(10-19(14)32)30-17-7-6-16(24(25,26)27)9-20(17)34-5/h6-13H,1-5H3,(H,28,30). The number of aromatic nitrogens is 4. The third kappa shape index (κ3) is 5.08. The zero-order valence-electron chi connectivity index (χ0n) is 19.8. The highest BCUT2D eigenvalue weighted by atomic mass is 19.4. The molecular weight excluding hydrogens is 463 g/mol. The van der Waals surface area contributed by atoms with Gasteiger partial charge >= 0.3 is 12.3 Å². The summed E-state index contributed by atoms with van der Waals surface area (Å²) in [5.41, 5.74) is 0.489. The van der Waals surface area contributed by atoms with Crippen LogP contribution in [0.4, 0.5) is 29.5 Å². The molecule has 0 aliphatic heterocycles. The van der Waals surface area contributed by atoms with Gasteiger partial charge in [0, 0.05) is 36.5 Å². The van der Waals surface area contributed by atoms with E-state index in [4.69, 9.17) is 9.47 Å². The third-order valence-corrected chi connectivity index (χ3v) is 5.05. The van der Waals surface area contributed by atoms with E-state index in [1.807, 2.05) is 0 Å². The summed E-state index contributed by atoms with van der Waals surface area (Å²) in [5.74, 6) is 0.302. The van der Waals surface area contributed by atoms with Crippen LogP contribution in [0.15, 0.2) is 48.9 Å². The molecule has 0 saturated heterocycles. The molecule has 11 heteroatoms. The Balaban J connectivity index is 1.79. The Hall–Kier alpha value is -4.02. The molecule has 0 atom stereocenters. The molecule has 3 aromatic heterocycles. The van der Waals surface area contributed by atoms with E-state index in [1.165, 1.54) is 17.7 Å². The third-order valence-electron chi connectivity index (χ3n) is 5.05. The number of nitrogens with one attached hydrogen (secondary N) is 1. The van der Waals surface area contributed by atoms with Crippen molar-refractivity contribution in [3.05, 3.63) is 54.5 Å². The molecule has 1 N–H and O–H groups in total. The maximum Gasteiger partial charge on any atom is 0.419 e. The van der Waals surface area contributed by atoms with Gasteiger partial charge in [-0.25, -0.2) is 14.3 Å². The fraction of sp³-hybridized carbons (Fsp3) is 0.292. The molecule has 0 bridgehead atoms. The number of hydrogen-bond donors (Lipinski definition) is 1. The molecule has 4 rings (SSSR count). The van der Waals surface area contributed by atoms with E-state index in [0.717, 1.165) is 12.1 Å². The molecule has 0 saturated carbocycles. The number of pyridine rings is 1. The van der Waals surface area contributed by atoms with Crippen LogP contribution in [0.5, 0.6) is 5.75 Å². The summed E-state index contributed by atoms with van der Waals surface area (Å²) in [4.78, 5) is 17.5. The number of halogens is 3. The summed E-state index contributed by atoms with van der Waals surface area (Å²) in [6, 6.07) is 6.54. The van der Waals surface area contributed by atoms with Crippen LogP contribution >= 0.6 is 0 Å². The lowest BCUT2D eigenvalue weighted by Gasteiger charge is -2.21. The Morgan fingerprint density at radius 2 is 1.83 bits per heavy atom. The van der Waals surface area contributed by atoms with E-state index < -0.39 is 23.4 Å². The number of ether oxygens (including phenoxy) is 2. The Labute approximate surface area is 199 Å². The molecule has 0 spiro atoms.